The first-order valence-electron chi connectivity index (χ1n) is 4.92. The van der Waals surface area contributed by atoms with Gasteiger partial charge in [0.15, 0.2) is 0 Å². The SMILES string of the molecule is C=CC(=O)OCCCN1CCOCC1. The summed E-state index contributed by atoms with van der Waals surface area (Å²) in [5.74, 6) is -0.341. The standard InChI is InChI=1S/C10H17NO3/c1-2-10(12)14-7-3-4-11-5-8-13-9-6-11/h2H,1,3-9H2. The Bertz CT molecular complexity index is 188. The van der Waals surface area contributed by atoms with Gasteiger partial charge in [0.05, 0.1) is 19.8 Å². The maximum atomic E-state index is 10.7. The molecule has 1 aliphatic rings. The summed E-state index contributed by atoms with van der Waals surface area (Å²) in [5.41, 5.74) is 0. The van der Waals surface area contributed by atoms with Gasteiger partial charge in [0.25, 0.3) is 0 Å². The number of carbonyl (C=O) groups excluding carboxylic acids is 1. The predicted octanol–water partition coefficient (Wildman–Crippen LogP) is 0.438. The molecule has 0 spiro atoms. The molecular weight excluding hydrogens is 182 g/mol. The van der Waals surface area contributed by atoms with Crippen molar-refractivity contribution < 1.29 is 14.3 Å². The maximum absolute atomic E-state index is 10.7. The molecule has 0 amide bonds. The van der Waals surface area contributed by atoms with Crippen LogP contribution in [-0.2, 0) is 14.3 Å². The second-order valence-electron chi connectivity index (χ2n) is 3.18. The zero-order valence-electron chi connectivity index (χ0n) is 8.41. The third kappa shape index (κ3) is 4.39. The van der Waals surface area contributed by atoms with Gasteiger partial charge < -0.3 is 9.47 Å². The average Bonchev–Trinajstić information content (AvgIpc) is 2.25. The van der Waals surface area contributed by atoms with Gasteiger partial charge in [0, 0.05) is 25.7 Å². The zero-order chi connectivity index (χ0) is 10.2. The second kappa shape index (κ2) is 6.56. The smallest absolute Gasteiger partial charge is 0.330 e. The van der Waals surface area contributed by atoms with Crippen molar-refractivity contribution in [1.82, 2.24) is 4.90 Å². The highest BCUT2D eigenvalue weighted by Gasteiger charge is 2.09. The lowest BCUT2D eigenvalue weighted by Crippen LogP contribution is -2.37. The summed E-state index contributed by atoms with van der Waals surface area (Å²) in [6.07, 6.45) is 2.06. The second-order valence-corrected chi connectivity index (χ2v) is 3.18. The molecule has 1 fully saturated rings. The van der Waals surface area contributed by atoms with Crippen molar-refractivity contribution in [3.63, 3.8) is 0 Å². The van der Waals surface area contributed by atoms with Crippen molar-refractivity contribution >= 4 is 5.97 Å². The predicted molar refractivity (Wildman–Crippen MR) is 53.0 cm³/mol. The summed E-state index contributed by atoms with van der Waals surface area (Å²) in [4.78, 5) is 13.0. The Kier molecular flexibility index (Phi) is 5.25. The Morgan fingerprint density at radius 3 is 2.86 bits per heavy atom. The minimum Gasteiger partial charge on any atom is -0.462 e. The van der Waals surface area contributed by atoms with Crippen LogP contribution in [0.3, 0.4) is 0 Å². The van der Waals surface area contributed by atoms with E-state index < -0.39 is 0 Å². The lowest BCUT2D eigenvalue weighted by Gasteiger charge is -2.26. The monoisotopic (exact) mass is 199 g/mol. The van der Waals surface area contributed by atoms with Crippen LogP contribution in [-0.4, -0.2) is 50.3 Å². The topological polar surface area (TPSA) is 38.8 Å². The van der Waals surface area contributed by atoms with E-state index in [0.29, 0.717) is 6.61 Å². The van der Waals surface area contributed by atoms with Gasteiger partial charge >= 0.3 is 5.97 Å². The minimum atomic E-state index is -0.341. The Hall–Kier alpha value is -0.870. The normalized spacial score (nSPS) is 17.7. The lowest BCUT2D eigenvalue weighted by atomic mass is 10.3. The number of carbonyl (C=O) groups is 1. The van der Waals surface area contributed by atoms with E-state index >= 15 is 0 Å². The van der Waals surface area contributed by atoms with Gasteiger partial charge in [0.1, 0.15) is 0 Å². The molecule has 4 nitrogen and oxygen atoms in total. The van der Waals surface area contributed by atoms with Crippen molar-refractivity contribution in [2.75, 3.05) is 39.5 Å². The van der Waals surface area contributed by atoms with Gasteiger partial charge in [-0.15, -0.1) is 0 Å². The molecule has 0 aliphatic carbocycles. The Balaban J connectivity index is 1.97. The molecule has 0 aromatic heterocycles. The van der Waals surface area contributed by atoms with E-state index in [4.69, 9.17) is 9.47 Å². The summed E-state index contributed by atoms with van der Waals surface area (Å²) >= 11 is 0. The van der Waals surface area contributed by atoms with Crippen LogP contribution in [0.25, 0.3) is 0 Å². The number of morpholine rings is 1. The minimum absolute atomic E-state index is 0.341. The number of nitrogens with zero attached hydrogens (tertiary/aromatic N) is 1. The van der Waals surface area contributed by atoms with Gasteiger partial charge in [-0.2, -0.15) is 0 Å². The van der Waals surface area contributed by atoms with Crippen LogP contribution in [0.15, 0.2) is 12.7 Å². The van der Waals surface area contributed by atoms with Crippen molar-refractivity contribution in [3.05, 3.63) is 12.7 Å². The molecule has 0 bridgehead atoms. The van der Waals surface area contributed by atoms with E-state index in [0.717, 1.165) is 39.3 Å². The van der Waals surface area contributed by atoms with Crippen LogP contribution in [0.4, 0.5) is 0 Å². The van der Waals surface area contributed by atoms with E-state index in [-0.39, 0.29) is 5.97 Å². The van der Waals surface area contributed by atoms with Gasteiger partial charge in [-0.25, -0.2) is 4.79 Å². The zero-order valence-corrected chi connectivity index (χ0v) is 8.41. The number of esters is 1. The van der Waals surface area contributed by atoms with E-state index in [1.807, 2.05) is 0 Å². The number of rotatable bonds is 5. The highest BCUT2D eigenvalue weighted by Crippen LogP contribution is 1.98. The third-order valence-corrected chi connectivity index (χ3v) is 2.13. The number of hydrogen-bond acceptors (Lipinski definition) is 4. The molecule has 1 rings (SSSR count). The van der Waals surface area contributed by atoms with Crippen molar-refractivity contribution in [1.29, 1.82) is 0 Å². The molecule has 0 atom stereocenters. The Morgan fingerprint density at radius 1 is 1.50 bits per heavy atom. The van der Waals surface area contributed by atoms with Crippen molar-refractivity contribution in [2.24, 2.45) is 0 Å². The molecule has 0 unspecified atom stereocenters. The fourth-order valence-electron chi connectivity index (χ4n) is 1.34. The lowest BCUT2D eigenvalue weighted by molar-refractivity contribution is -0.137. The molecule has 0 N–H and O–H groups in total. The molecular formula is C10H17NO3. The van der Waals surface area contributed by atoms with E-state index in [1.165, 1.54) is 6.08 Å². The first-order chi connectivity index (χ1) is 6.83. The largest absolute Gasteiger partial charge is 0.462 e. The van der Waals surface area contributed by atoms with E-state index in [1.54, 1.807) is 0 Å². The fourth-order valence-corrected chi connectivity index (χ4v) is 1.34. The Morgan fingerprint density at radius 2 is 2.21 bits per heavy atom. The van der Waals surface area contributed by atoms with Crippen molar-refractivity contribution in [2.45, 2.75) is 6.42 Å². The quantitative estimate of drug-likeness (QED) is 0.366. The summed E-state index contributed by atoms with van der Waals surface area (Å²) in [6, 6.07) is 0. The number of hydrogen-bond donors (Lipinski definition) is 0. The molecule has 1 aliphatic heterocycles. The molecule has 0 aromatic rings. The molecule has 0 radical (unpaired) electrons. The van der Waals surface area contributed by atoms with Crippen LogP contribution < -0.4 is 0 Å². The van der Waals surface area contributed by atoms with Crippen LogP contribution >= 0.6 is 0 Å². The van der Waals surface area contributed by atoms with Crippen molar-refractivity contribution in [3.8, 4) is 0 Å². The molecule has 1 saturated heterocycles. The van der Waals surface area contributed by atoms with Gasteiger partial charge in [0.2, 0.25) is 0 Å². The molecule has 4 heteroatoms. The van der Waals surface area contributed by atoms with Crippen LogP contribution in [0, 0.1) is 0 Å². The highest BCUT2D eigenvalue weighted by molar-refractivity contribution is 5.81. The summed E-state index contributed by atoms with van der Waals surface area (Å²) in [7, 11) is 0. The van der Waals surface area contributed by atoms with Gasteiger partial charge in [-0.3, -0.25) is 4.90 Å². The summed E-state index contributed by atoms with van der Waals surface area (Å²) < 4.78 is 10.1. The van der Waals surface area contributed by atoms with Crippen LogP contribution in [0.1, 0.15) is 6.42 Å². The van der Waals surface area contributed by atoms with Gasteiger partial charge in [-0.1, -0.05) is 6.58 Å². The summed E-state index contributed by atoms with van der Waals surface area (Å²) in [5, 5.41) is 0. The molecule has 14 heavy (non-hydrogen) atoms. The first-order valence-corrected chi connectivity index (χ1v) is 4.92. The highest BCUT2D eigenvalue weighted by atomic mass is 16.5. The summed E-state index contributed by atoms with van der Waals surface area (Å²) in [6.45, 7) is 8.36. The van der Waals surface area contributed by atoms with Crippen LogP contribution in [0.5, 0.6) is 0 Å². The molecule has 0 aromatic carbocycles. The average molecular weight is 199 g/mol. The molecule has 0 saturated carbocycles. The van der Waals surface area contributed by atoms with Crippen LogP contribution in [0.2, 0.25) is 0 Å². The Labute approximate surface area is 84.5 Å². The van der Waals surface area contributed by atoms with E-state index in [2.05, 4.69) is 11.5 Å². The number of ether oxygens (including phenoxy) is 2. The first kappa shape index (κ1) is 11.2. The maximum Gasteiger partial charge on any atom is 0.330 e. The third-order valence-electron chi connectivity index (χ3n) is 2.13. The van der Waals surface area contributed by atoms with Gasteiger partial charge in [-0.05, 0) is 6.42 Å². The molecule has 80 valence electrons. The molecule has 1 heterocycles. The van der Waals surface area contributed by atoms with E-state index in [9.17, 15) is 4.79 Å². The fraction of sp³-hybridized carbons (Fsp3) is 0.700.